The molecule has 11 aromatic rings. The molecular formula is C90H101BBr2Cl2F4N6O21S3. The molecule has 39 heteroatoms. The molecule has 3 atom stereocenters. The Morgan fingerprint density at radius 2 is 1.03 bits per heavy atom. The summed E-state index contributed by atoms with van der Waals surface area (Å²) < 4.78 is 203. The zero-order valence-electron chi connectivity index (χ0n) is 72.3. The van der Waals surface area contributed by atoms with Crippen LogP contribution >= 0.6 is 55.1 Å². The largest absolute Gasteiger partial charge is 0.508 e. The molecule has 0 amide bonds. The number of sulfonamides is 2. The van der Waals surface area contributed by atoms with E-state index in [0.717, 1.165) is 60.9 Å². The SMILES string of the molecule is CC1(C)OCC(COc2ccc(Br)cc2)O1.CCCS(=O)(=O)Nc1ccc(F)c(C(=O)c2c[nH]c3ncc(-c4ccc(OCC5COC(C)(C)O5)cc4)cc23)c1F.CCCS(=O)(=O)Nc1ccc(F)c(C(=O)c2cn(C(=O)c3c(Cl)cccc3Cl)c3ncc(B4OC(C)(C)C(C)(C)O4)cc23)c1F.Cc1ccc(S(=O)(=O)OCC2COC(C)(C)O2)cc1.Oc1ccc(Br)cc1.[HH].[HH].[HH]. The highest BCUT2D eigenvalue weighted by atomic mass is 79.9. The van der Waals surface area contributed by atoms with Crippen molar-refractivity contribution < 1.29 is 118 Å². The number of phenols is 1. The second-order valence-corrected chi connectivity index (χ2v) is 40.4. The van der Waals surface area contributed by atoms with Crippen molar-refractivity contribution in [3.8, 4) is 28.4 Å². The molecule has 4 aliphatic rings. The van der Waals surface area contributed by atoms with E-state index in [0.29, 0.717) is 73.0 Å². The van der Waals surface area contributed by atoms with E-state index >= 15 is 13.2 Å². The molecule has 0 spiro atoms. The number of aromatic amines is 1. The number of nitrogens with zero attached hydrogens (tertiary/aromatic N) is 3. The summed E-state index contributed by atoms with van der Waals surface area (Å²) in [6.45, 7) is 25.8. The minimum absolute atomic E-state index is 0. The van der Waals surface area contributed by atoms with Crippen LogP contribution < -0.4 is 24.4 Å². The molecule has 7 aromatic carbocycles. The van der Waals surface area contributed by atoms with E-state index in [1.807, 2.05) is 98.7 Å². The normalized spacial score (nSPS) is 17.6. The zero-order chi connectivity index (χ0) is 94.1. The molecule has 27 nitrogen and oxygen atoms in total. The van der Waals surface area contributed by atoms with Crippen LogP contribution in [0.1, 0.15) is 148 Å². The van der Waals surface area contributed by atoms with Crippen molar-refractivity contribution in [3.05, 3.63) is 252 Å². The number of rotatable bonds is 25. The van der Waals surface area contributed by atoms with Crippen LogP contribution in [0.5, 0.6) is 17.2 Å². The van der Waals surface area contributed by atoms with Gasteiger partial charge >= 0.3 is 7.12 Å². The molecule has 694 valence electrons. The van der Waals surface area contributed by atoms with E-state index in [1.165, 1.54) is 42.7 Å². The lowest BCUT2D eigenvalue weighted by Gasteiger charge is -2.32. The van der Waals surface area contributed by atoms with Gasteiger partial charge in [-0.15, -0.1) is 0 Å². The maximum Gasteiger partial charge on any atom is 0.496 e. The fourth-order valence-electron chi connectivity index (χ4n) is 13.2. The second-order valence-electron chi connectivity index (χ2n) is 32.4. The number of aromatic nitrogens is 4. The Kier molecular flexibility index (Phi) is 32.4. The van der Waals surface area contributed by atoms with E-state index in [-0.39, 0.29) is 89.8 Å². The first-order chi connectivity index (χ1) is 60.6. The average molecular weight is 2020 g/mol. The molecule has 4 fully saturated rings. The fourth-order valence-corrected chi connectivity index (χ4v) is 17.5. The van der Waals surface area contributed by atoms with Crippen LogP contribution in [-0.4, -0.2) is 172 Å². The number of phenolic OH excluding ortho intramolecular Hbond substituents is 1. The number of ether oxygens (including phenoxy) is 8. The van der Waals surface area contributed by atoms with Crippen LogP contribution in [0.2, 0.25) is 10.0 Å². The number of fused-ring (bicyclic) bond motifs is 2. The fraction of sp³-hybridized carbons (Fsp3) is 0.344. The number of pyridine rings is 2. The number of hydrogen-bond acceptors (Lipinski definition) is 23. The summed E-state index contributed by atoms with van der Waals surface area (Å²) in [6, 6.07) is 39.4. The van der Waals surface area contributed by atoms with E-state index in [1.54, 1.807) is 94.6 Å². The Bertz CT molecular complexity index is 6230. The van der Waals surface area contributed by atoms with Crippen LogP contribution in [0.25, 0.3) is 33.2 Å². The van der Waals surface area contributed by atoms with Crippen molar-refractivity contribution in [2.45, 2.75) is 155 Å². The highest BCUT2D eigenvalue weighted by molar-refractivity contribution is 9.10. The molecule has 3 unspecified atom stereocenters. The van der Waals surface area contributed by atoms with Crippen molar-refractivity contribution in [1.29, 1.82) is 0 Å². The van der Waals surface area contributed by atoms with Crippen LogP contribution in [0.4, 0.5) is 28.9 Å². The smallest absolute Gasteiger partial charge is 0.496 e. The van der Waals surface area contributed by atoms with Gasteiger partial charge in [-0.25, -0.2) is 44.4 Å². The Morgan fingerprint density at radius 3 is 1.49 bits per heavy atom. The van der Waals surface area contributed by atoms with Gasteiger partial charge in [0.25, 0.3) is 16.0 Å². The molecule has 4 N–H and O–H groups in total. The summed E-state index contributed by atoms with van der Waals surface area (Å²) in [5, 5.41) is 9.18. The number of benzene rings is 7. The van der Waals surface area contributed by atoms with Gasteiger partial charge in [-0.1, -0.05) is 105 Å². The molecule has 129 heavy (non-hydrogen) atoms. The van der Waals surface area contributed by atoms with E-state index in [2.05, 4.69) is 56.3 Å². The van der Waals surface area contributed by atoms with Gasteiger partial charge in [0, 0.05) is 65.4 Å². The first-order valence-corrected chi connectivity index (χ1v) is 47.5. The van der Waals surface area contributed by atoms with E-state index in [9.17, 15) is 44.0 Å². The van der Waals surface area contributed by atoms with Crippen LogP contribution in [0.3, 0.4) is 0 Å². The maximum atomic E-state index is 15.7. The van der Waals surface area contributed by atoms with E-state index < -0.39 is 129 Å². The monoisotopic (exact) mass is 2010 g/mol. The summed E-state index contributed by atoms with van der Waals surface area (Å²) in [7, 11) is -12.5. The first-order valence-electron chi connectivity index (χ1n) is 40.4. The van der Waals surface area contributed by atoms with Gasteiger partial charge in [-0.3, -0.25) is 32.6 Å². The van der Waals surface area contributed by atoms with Gasteiger partial charge in [0.1, 0.15) is 71.7 Å². The number of H-pyrrole nitrogens is 1. The third-order valence-electron chi connectivity index (χ3n) is 20.3. The van der Waals surface area contributed by atoms with Crippen LogP contribution in [0, 0.1) is 30.2 Å². The molecule has 8 heterocycles. The lowest BCUT2D eigenvalue weighted by molar-refractivity contribution is -0.141. The average Bonchev–Trinajstić information content (AvgIpc) is 1.58. The van der Waals surface area contributed by atoms with Crippen molar-refractivity contribution in [2.24, 2.45) is 0 Å². The number of halogens is 8. The van der Waals surface area contributed by atoms with Gasteiger partial charge in [0.15, 0.2) is 29.0 Å². The topological polar surface area (TPSA) is 346 Å². The predicted octanol–water partition coefficient (Wildman–Crippen LogP) is 19.1. The summed E-state index contributed by atoms with van der Waals surface area (Å²) in [4.78, 5) is 52.9. The lowest BCUT2D eigenvalue weighted by Crippen LogP contribution is -2.41. The van der Waals surface area contributed by atoms with Crippen molar-refractivity contribution in [3.63, 3.8) is 0 Å². The predicted molar refractivity (Wildman–Crippen MR) is 494 cm³/mol. The Hall–Kier alpha value is -9.26. The van der Waals surface area contributed by atoms with Crippen molar-refractivity contribution in [1.82, 2.24) is 19.5 Å². The Labute approximate surface area is 776 Å². The number of hydrogen-bond donors (Lipinski definition) is 4. The molecule has 0 saturated carbocycles. The first kappa shape index (κ1) is 100. The molecule has 0 radical (unpaired) electrons. The Morgan fingerprint density at radius 1 is 0.574 bits per heavy atom. The maximum absolute atomic E-state index is 15.7. The van der Waals surface area contributed by atoms with Crippen molar-refractivity contribution >= 4 is 149 Å². The third kappa shape index (κ3) is 25.9. The highest BCUT2D eigenvalue weighted by Gasteiger charge is 2.52. The number of carbonyl (C=O) groups is 3. The van der Waals surface area contributed by atoms with Crippen LogP contribution in [-0.2, 0) is 72.1 Å². The number of ketones is 2. The van der Waals surface area contributed by atoms with Gasteiger partial charge in [-0.2, -0.15) is 8.42 Å². The zero-order valence-corrected chi connectivity index (χ0v) is 79.5. The summed E-state index contributed by atoms with van der Waals surface area (Å²) in [6.07, 6.45) is 5.44. The molecule has 4 aromatic heterocycles. The number of carbonyl (C=O) groups excluding carboxylic acids is 3. The molecule has 4 aliphatic heterocycles. The number of nitrogens with one attached hydrogen (secondary N) is 3. The number of aryl methyl sites for hydroxylation is 1. The van der Waals surface area contributed by atoms with E-state index in [4.69, 9.17) is 79.7 Å². The second kappa shape index (κ2) is 41.7. The minimum atomic E-state index is -3.98. The van der Waals surface area contributed by atoms with Crippen LogP contribution in [0.15, 0.2) is 190 Å². The quantitative estimate of drug-likeness (QED) is 0.0179. The summed E-state index contributed by atoms with van der Waals surface area (Å²) >= 11 is 19.2. The number of anilines is 2. The van der Waals surface area contributed by atoms with Gasteiger partial charge in [-0.05, 0) is 216 Å². The molecule has 0 bridgehead atoms. The van der Waals surface area contributed by atoms with Gasteiger partial charge in [0.05, 0.1) is 97.7 Å². The molecule has 4 saturated heterocycles. The lowest BCUT2D eigenvalue weighted by atomic mass is 9.79. The summed E-state index contributed by atoms with van der Waals surface area (Å²) in [5.74, 6) is -8.53. The molecule has 15 rings (SSSR count). The van der Waals surface area contributed by atoms with Gasteiger partial charge in [0.2, 0.25) is 31.6 Å². The van der Waals surface area contributed by atoms with Crippen molar-refractivity contribution in [2.75, 3.05) is 60.6 Å². The summed E-state index contributed by atoms with van der Waals surface area (Å²) in [5.41, 5.74) is -1.73. The van der Waals surface area contributed by atoms with Gasteiger partial charge < -0.3 is 57.3 Å². The standard InChI is InChI=1S/C30H28BCl2F2N3O6S.C29H29F2N3O6S.C13H18O5S.C12H15BrO3.C6H5BrO.3H2/c1-6-12-45(41,42)37-22-11-10-21(34)24(25(22)35)26(39)18-15-38(28(40)23-19(32)8-7-9-20(23)33)27-17(18)13-16(14-36-27)31-43-29(2,3)30(4,5)44-31;1-4-11-41(36,37)34-24-10-9-23(30)25(26(24)31)27(35)22-14-33-28-21(22)12-18(13-32-28)17-5-7-19(8-6-17)38-15-20-16-39-29(2,3)40-20;1-10-4-6-12(7-5-10)19(14,15)17-9-11-8-16-13(2,3)18-11;1-12(2)15-8-11(16-12)7-14-10-5-3-9(13)4-6-10;7-5-1-3-6(8)4-2-5;;;/h7-11,13-15,37H,6,12H2,1-5H3;5-10,12-14,20,34H,4,11,15-16H2,1-3H3,(H,32,33);4-7,11H,8-9H2,1-3H3;3-6,11H,7-8H2,1-2H3;1-4,8H;3*1H. The minimum Gasteiger partial charge on any atom is -0.508 e. The Balaban J connectivity index is 0.000000223. The molecule has 0 aliphatic carbocycles. The molecular weight excluding hydrogens is 1910 g/mol. The third-order valence-corrected chi connectivity index (χ3v) is 26.3. The number of aromatic hydroxyl groups is 1. The highest BCUT2D eigenvalue weighted by Crippen LogP contribution is 2.39.